The van der Waals surface area contributed by atoms with Crippen LogP contribution < -0.4 is 0 Å². The Labute approximate surface area is 543 Å². The summed E-state index contributed by atoms with van der Waals surface area (Å²) in [5.41, 5.74) is 0. The van der Waals surface area contributed by atoms with Gasteiger partial charge in [0.1, 0.15) is 19.3 Å². The van der Waals surface area contributed by atoms with Crippen LogP contribution in [0.15, 0.2) is 0 Å². The zero-order valence-corrected chi connectivity index (χ0v) is 59.8. The number of rotatable bonds is 67. The minimum absolute atomic E-state index is 0.104. The van der Waals surface area contributed by atoms with Crippen molar-refractivity contribution in [2.75, 3.05) is 39.6 Å². The first kappa shape index (κ1) is 87.1. The van der Waals surface area contributed by atoms with Crippen molar-refractivity contribution < 1.29 is 80.2 Å². The summed E-state index contributed by atoms with van der Waals surface area (Å²) in [5, 5.41) is 10.6. The van der Waals surface area contributed by atoms with Crippen LogP contribution in [0.3, 0.4) is 0 Å². The fourth-order valence-corrected chi connectivity index (χ4v) is 12.1. The molecule has 0 radical (unpaired) electrons. The second kappa shape index (κ2) is 59.8. The zero-order chi connectivity index (χ0) is 66.1. The maximum Gasteiger partial charge on any atom is 0.472 e. The van der Waals surface area contributed by atoms with Crippen LogP contribution in [-0.4, -0.2) is 96.7 Å². The van der Waals surface area contributed by atoms with E-state index in [1.165, 1.54) is 135 Å². The minimum Gasteiger partial charge on any atom is -0.462 e. The molecule has 89 heavy (non-hydrogen) atoms. The summed E-state index contributed by atoms with van der Waals surface area (Å²) in [6.07, 6.45) is 41.9. The summed E-state index contributed by atoms with van der Waals surface area (Å²) >= 11 is 0. The van der Waals surface area contributed by atoms with Gasteiger partial charge in [-0.2, -0.15) is 0 Å². The van der Waals surface area contributed by atoms with Gasteiger partial charge in [-0.15, -0.1) is 0 Å². The first-order valence-corrected chi connectivity index (χ1v) is 39.2. The Kier molecular flexibility index (Phi) is 58.5. The van der Waals surface area contributed by atoms with Crippen LogP contribution in [0.25, 0.3) is 0 Å². The topological polar surface area (TPSA) is 237 Å². The highest BCUT2D eigenvalue weighted by atomic mass is 31.2. The lowest BCUT2D eigenvalue weighted by Crippen LogP contribution is -2.30. The molecule has 528 valence electrons. The zero-order valence-electron chi connectivity index (χ0n) is 58.1. The van der Waals surface area contributed by atoms with E-state index in [1.54, 1.807) is 0 Å². The Morgan fingerprint density at radius 2 is 0.472 bits per heavy atom. The lowest BCUT2D eigenvalue weighted by atomic mass is 10.0. The van der Waals surface area contributed by atoms with Gasteiger partial charge in [-0.05, 0) is 49.4 Å². The van der Waals surface area contributed by atoms with Gasteiger partial charge < -0.3 is 33.8 Å². The number of phosphoric acid groups is 2. The van der Waals surface area contributed by atoms with Crippen LogP contribution in [-0.2, 0) is 65.4 Å². The van der Waals surface area contributed by atoms with E-state index in [9.17, 15) is 43.2 Å². The molecule has 19 heteroatoms. The van der Waals surface area contributed by atoms with Crippen molar-refractivity contribution in [2.45, 2.75) is 363 Å². The van der Waals surface area contributed by atoms with Crippen molar-refractivity contribution in [3.8, 4) is 0 Å². The lowest BCUT2D eigenvalue weighted by molar-refractivity contribution is -0.161. The summed E-state index contributed by atoms with van der Waals surface area (Å²) in [6.45, 7) is 14.0. The van der Waals surface area contributed by atoms with Crippen LogP contribution >= 0.6 is 15.6 Å². The first-order chi connectivity index (χ1) is 42.6. The molecule has 0 spiro atoms. The lowest BCUT2D eigenvalue weighted by Gasteiger charge is -2.21. The largest absolute Gasteiger partial charge is 0.472 e. The Hall–Kier alpha value is -1.94. The number of carbonyl (C=O) groups is 4. The van der Waals surface area contributed by atoms with E-state index in [0.717, 1.165) is 115 Å². The van der Waals surface area contributed by atoms with E-state index in [0.29, 0.717) is 37.5 Å². The number of aliphatic hydroxyl groups is 1. The van der Waals surface area contributed by atoms with Gasteiger partial charge in [-0.25, -0.2) is 9.13 Å². The number of esters is 4. The minimum atomic E-state index is -4.95. The summed E-state index contributed by atoms with van der Waals surface area (Å²) in [4.78, 5) is 72.5. The van der Waals surface area contributed by atoms with Crippen molar-refractivity contribution >= 4 is 39.5 Å². The molecule has 0 saturated carbocycles. The van der Waals surface area contributed by atoms with Crippen molar-refractivity contribution in [1.82, 2.24) is 0 Å². The van der Waals surface area contributed by atoms with Crippen LogP contribution in [0.5, 0.6) is 0 Å². The Morgan fingerprint density at radius 1 is 0.281 bits per heavy atom. The second-order valence-electron chi connectivity index (χ2n) is 27.2. The van der Waals surface area contributed by atoms with E-state index in [4.69, 9.17) is 37.0 Å². The molecule has 0 aliphatic rings. The molecule has 0 heterocycles. The summed E-state index contributed by atoms with van der Waals surface area (Å²) in [7, 11) is -9.90. The Balaban J connectivity index is 5.22. The smallest absolute Gasteiger partial charge is 0.462 e. The quantitative estimate of drug-likeness (QED) is 0.0222. The standard InChI is InChI=1S/C70H136O17P2/c1-60(2)46-38-30-22-17-13-11-9-10-12-14-19-25-36-44-52-69(74)87-66(57-81-68(73)51-43-35-29-28-33-41-49-63(7)8)59-85-89(78,79)83-55-64(71)54-82-88(76,77)84-58-65(56-80-67(72)50-42-34-27-21-24-32-40-48-62(5)6)86-70(75)53-45-37-26-20-16-15-18-23-31-39-47-61(3)4/h60-66,71H,9-59H2,1-8H3,(H,76,77)(H,78,79)/t64?,65-,66-/m1/s1. The SMILES string of the molecule is CC(C)CCCCCCCCCCCCCCCCC(=O)O[C@H](COC(=O)CCCCCCCCC(C)C)COP(=O)(O)OCC(O)COP(=O)(O)OC[C@@H](COC(=O)CCCCCCCCCC(C)C)OC(=O)CCCCCCCCCCCCC(C)C. The monoisotopic (exact) mass is 1310 g/mol. The van der Waals surface area contributed by atoms with Gasteiger partial charge >= 0.3 is 39.5 Å². The Morgan fingerprint density at radius 3 is 0.697 bits per heavy atom. The third kappa shape index (κ3) is 64.6. The molecule has 0 amide bonds. The van der Waals surface area contributed by atoms with Crippen LogP contribution in [0.4, 0.5) is 0 Å². The van der Waals surface area contributed by atoms with Gasteiger partial charge in [0.05, 0.1) is 26.4 Å². The molecule has 0 fully saturated rings. The molecular formula is C70H136O17P2. The molecular weight excluding hydrogens is 1170 g/mol. The van der Waals surface area contributed by atoms with Gasteiger partial charge in [0, 0.05) is 25.7 Å². The van der Waals surface area contributed by atoms with Crippen LogP contribution in [0, 0.1) is 23.7 Å². The maximum atomic E-state index is 13.0. The van der Waals surface area contributed by atoms with Gasteiger partial charge in [-0.3, -0.25) is 37.3 Å². The Bertz CT molecular complexity index is 1760. The van der Waals surface area contributed by atoms with Gasteiger partial charge in [0.15, 0.2) is 12.2 Å². The second-order valence-corrected chi connectivity index (χ2v) is 30.1. The summed E-state index contributed by atoms with van der Waals surface area (Å²) < 4.78 is 68.2. The maximum absolute atomic E-state index is 13.0. The third-order valence-corrected chi connectivity index (χ3v) is 18.0. The fourth-order valence-electron chi connectivity index (χ4n) is 10.5. The van der Waals surface area contributed by atoms with Crippen molar-refractivity contribution in [3.05, 3.63) is 0 Å². The molecule has 0 aliphatic heterocycles. The molecule has 0 bridgehead atoms. The molecule has 3 unspecified atom stereocenters. The predicted molar refractivity (Wildman–Crippen MR) is 358 cm³/mol. The molecule has 3 N–H and O–H groups in total. The number of carbonyl (C=O) groups excluding carboxylic acids is 4. The van der Waals surface area contributed by atoms with Crippen molar-refractivity contribution in [1.29, 1.82) is 0 Å². The van der Waals surface area contributed by atoms with Gasteiger partial charge in [0.25, 0.3) is 0 Å². The number of hydrogen-bond acceptors (Lipinski definition) is 15. The van der Waals surface area contributed by atoms with E-state index in [-0.39, 0.29) is 25.7 Å². The highest BCUT2D eigenvalue weighted by Gasteiger charge is 2.30. The van der Waals surface area contributed by atoms with E-state index >= 15 is 0 Å². The van der Waals surface area contributed by atoms with E-state index in [2.05, 4.69) is 55.4 Å². The highest BCUT2D eigenvalue weighted by molar-refractivity contribution is 7.47. The summed E-state index contributed by atoms with van der Waals surface area (Å²) in [5.74, 6) is 0.800. The van der Waals surface area contributed by atoms with Crippen molar-refractivity contribution in [2.24, 2.45) is 23.7 Å². The molecule has 0 aliphatic carbocycles. The highest BCUT2D eigenvalue weighted by Crippen LogP contribution is 2.45. The molecule has 0 saturated heterocycles. The normalized spacial score (nSPS) is 14.3. The van der Waals surface area contributed by atoms with Gasteiger partial charge in [0.2, 0.25) is 0 Å². The average Bonchev–Trinajstić information content (AvgIpc) is 3.66. The molecule has 0 aromatic heterocycles. The number of unbranched alkanes of at least 4 members (excludes halogenated alkanes) is 33. The first-order valence-electron chi connectivity index (χ1n) is 36.2. The molecule has 5 atom stereocenters. The molecule has 0 aromatic carbocycles. The molecule has 0 rings (SSSR count). The number of aliphatic hydroxyl groups excluding tert-OH is 1. The average molecular weight is 1310 g/mol. The summed E-state index contributed by atoms with van der Waals surface area (Å²) in [6, 6.07) is 0. The molecule has 0 aromatic rings. The van der Waals surface area contributed by atoms with E-state index < -0.39 is 97.5 Å². The number of ether oxygens (including phenoxy) is 4. The van der Waals surface area contributed by atoms with Crippen LogP contribution in [0.1, 0.15) is 344 Å². The van der Waals surface area contributed by atoms with E-state index in [1.807, 2.05) is 0 Å². The fraction of sp³-hybridized carbons (Fsp3) is 0.943. The predicted octanol–water partition coefficient (Wildman–Crippen LogP) is 19.7. The van der Waals surface area contributed by atoms with Crippen LogP contribution in [0.2, 0.25) is 0 Å². The number of phosphoric ester groups is 2. The number of hydrogen-bond donors (Lipinski definition) is 3. The third-order valence-electron chi connectivity index (χ3n) is 16.1. The van der Waals surface area contributed by atoms with Crippen molar-refractivity contribution in [3.63, 3.8) is 0 Å². The molecule has 17 nitrogen and oxygen atoms in total. The van der Waals surface area contributed by atoms with Gasteiger partial charge in [-0.1, -0.05) is 293 Å².